The van der Waals surface area contributed by atoms with Gasteiger partial charge in [-0.1, -0.05) is 38.1 Å². The second-order valence-electron chi connectivity index (χ2n) is 4.92. The molecule has 1 aromatic heterocycles. The van der Waals surface area contributed by atoms with E-state index in [2.05, 4.69) is 36.3 Å². The molecule has 1 heterocycles. The Labute approximate surface area is 119 Å². The van der Waals surface area contributed by atoms with Crippen LogP contribution in [0.2, 0.25) is 0 Å². The van der Waals surface area contributed by atoms with E-state index >= 15 is 0 Å². The van der Waals surface area contributed by atoms with Gasteiger partial charge in [0.1, 0.15) is 0 Å². The highest BCUT2D eigenvalue weighted by atomic mass is 16.1. The Kier molecular flexibility index (Phi) is 4.66. The van der Waals surface area contributed by atoms with Crippen LogP contribution in [0.1, 0.15) is 29.8 Å². The van der Waals surface area contributed by atoms with E-state index in [0.29, 0.717) is 17.2 Å². The second-order valence-corrected chi connectivity index (χ2v) is 4.92. The lowest BCUT2D eigenvalue weighted by molar-refractivity contribution is 0.102. The molecule has 1 N–H and O–H groups in total. The number of carbonyl (C=O) groups excluding carboxylic acids is 1. The smallest absolute Gasteiger partial charge is 0.255 e. The molecule has 0 aliphatic heterocycles. The number of amides is 1. The summed E-state index contributed by atoms with van der Waals surface area (Å²) in [7, 11) is 0. The summed E-state index contributed by atoms with van der Waals surface area (Å²) < 4.78 is 0. The molecule has 0 fully saturated rings. The molecular weight excluding hydrogens is 248 g/mol. The van der Waals surface area contributed by atoms with Crippen molar-refractivity contribution in [3.8, 4) is 0 Å². The van der Waals surface area contributed by atoms with Crippen LogP contribution < -0.4 is 5.32 Å². The van der Waals surface area contributed by atoms with Gasteiger partial charge in [-0.2, -0.15) is 0 Å². The van der Waals surface area contributed by atoms with Gasteiger partial charge in [-0.15, -0.1) is 0 Å². The first kappa shape index (κ1) is 14.0. The van der Waals surface area contributed by atoms with E-state index in [1.165, 1.54) is 0 Å². The third-order valence-corrected chi connectivity index (χ3v) is 2.77. The SMILES string of the molecule is CC(C)/C=C/c1ccc(C(=O)Nc2cccnc2)cc1. The van der Waals surface area contributed by atoms with Crippen molar-refractivity contribution >= 4 is 17.7 Å². The molecule has 2 aromatic rings. The Morgan fingerprint density at radius 1 is 1.20 bits per heavy atom. The Morgan fingerprint density at radius 3 is 2.55 bits per heavy atom. The number of rotatable bonds is 4. The van der Waals surface area contributed by atoms with Gasteiger partial charge in [0.15, 0.2) is 0 Å². The van der Waals surface area contributed by atoms with Gasteiger partial charge in [-0.05, 0) is 35.7 Å². The number of benzene rings is 1. The largest absolute Gasteiger partial charge is 0.321 e. The monoisotopic (exact) mass is 266 g/mol. The van der Waals surface area contributed by atoms with Crippen molar-refractivity contribution in [2.45, 2.75) is 13.8 Å². The summed E-state index contributed by atoms with van der Waals surface area (Å²) in [5, 5.41) is 2.81. The van der Waals surface area contributed by atoms with Crippen LogP contribution in [0.5, 0.6) is 0 Å². The molecule has 0 aliphatic rings. The minimum atomic E-state index is -0.127. The van der Waals surface area contributed by atoms with Crippen molar-refractivity contribution in [1.29, 1.82) is 0 Å². The van der Waals surface area contributed by atoms with Gasteiger partial charge in [0.05, 0.1) is 11.9 Å². The third kappa shape index (κ3) is 4.05. The summed E-state index contributed by atoms with van der Waals surface area (Å²) in [6, 6.07) is 11.1. The molecule has 0 atom stereocenters. The van der Waals surface area contributed by atoms with Crippen molar-refractivity contribution in [3.05, 3.63) is 66.0 Å². The molecule has 3 heteroatoms. The Balaban J connectivity index is 2.04. The molecule has 0 aliphatic carbocycles. The predicted octanol–water partition coefficient (Wildman–Crippen LogP) is 4.00. The lowest BCUT2D eigenvalue weighted by atomic mass is 10.1. The number of anilines is 1. The van der Waals surface area contributed by atoms with Gasteiger partial charge in [-0.3, -0.25) is 9.78 Å². The van der Waals surface area contributed by atoms with Crippen LogP contribution in [0.3, 0.4) is 0 Å². The normalized spacial score (nSPS) is 10.9. The maximum atomic E-state index is 12.0. The van der Waals surface area contributed by atoms with E-state index in [-0.39, 0.29) is 5.91 Å². The summed E-state index contributed by atoms with van der Waals surface area (Å²) in [4.78, 5) is 16.0. The molecule has 102 valence electrons. The maximum Gasteiger partial charge on any atom is 0.255 e. The van der Waals surface area contributed by atoms with Gasteiger partial charge in [0.25, 0.3) is 5.91 Å². The number of hydrogen-bond donors (Lipinski definition) is 1. The van der Waals surface area contributed by atoms with Crippen molar-refractivity contribution < 1.29 is 4.79 Å². The molecular formula is C17H18N2O. The van der Waals surface area contributed by atoms with Gasteiger partial charge in [-0.25, -0.2) is 0 Å². The van der Waals surface area contributed by atoms with Crippen molar-refractivity contribution in [2.75, 3.05) is 5.32 Å². The summed E-state index contributed by atoms with van der Waals surface area (Å²) in [5.41, 5.74) is 2.42. The highest BCUT2D eigenvalue weighted by molar-refractivity contribution is 6.04. The van der Waals surface area contributed by atoms with Crippen molar-refractivity contribution in [2.24, 2.45) is 5.92 Å². The first-order chi connectivity index (χ1) is 9.65. The number of carbonyl (C=O) groups is 1. The summed E-state index contributed by atoms with van der Waals surface area (Å²) in [5.74, 6) is 0.390. The fraction of sp³-hybridized carbons (Fsp3) is 0.176. The molecule has 0 saturated carbocycles. The Morgan fingerprint density at radius 2 is 1.95 bits per heavy atom. The number of nitrogens with one attached hydrogen (secondary N) is 1. The maximum absolute atomic E-state index is 12.0. The fourth-order valence-corrected chi connectivity index (χ4v) is 1.69. The number of aromatic nitrogens is 1. The summed E-state index contributed by atoms with van der Waals surface area (Å²) >= 11 is 0. The van der Waals surface area contributed by atoms with E-state index in [1.54, 1.807) is 18.5 Å². The van der Waals surface area contributed by atoms with Gasteiger partial charge < -0.3 is 5.32 Å². The molecule has 0 spiro atoms. The zero-order valence-corrected chi connectivity index (χ0v) is 11.7. The number of nitrogens with zero attached hydrogens (tertiary/aromatic N) is 1. The Hall–Kier alpha value is -2.42. The lowest BCUT2D eigenvalue weighted by Gasteiger charge is -2.05. The first-order valence-electron chi connectivity index (χ1n) is 6.65. The van der Waals surface area contributed by atoms with Crippen molar-refractivity contribution in [1.82, 2.24) is 4.98 Å². The number of pyridine rings is 1. The summed E-state index contributed by atoms with van der Waals surface area (Å²) in [6.45, 7) is 4.26. The average molecular weight is 266 g/mol. The molecule has 1 amide bonds. The van der Waals surface area contributed by atoms with Crippen LogP contribution in [-0.4, -0.2) is 10.9 Å². The molecule has 3 nitrogen and oxygen atoms in total. The highest BCUT2D eigenvalue weighted by Gasteiger charge is 2.05. The zero-order chi connectivity index (χ0) is 14.4. The lowest BCUT2D eigenvalue weighted by Crippen LogP contribution is -2.11. The highest BCUT2D eigenvalue weighted by Crippen LogP contribution is 2.10. The van der Waals surface area contributed by atoms with Gasteiger partial charge >= 0.3 is 0 Å². The second kappa shape index (κ2) is 6.66. The van der Waals surface area contributed by atoms with Crippen LogP contribution >= 0.6 is 0 Å². The van der Waals surface area contributed by atoms with E-state index in [9.17, 15) is 4.79 Å². The number of hydrogen-bond acceptors (Lipinski definition) is 2. The number of allylic oxidation sites excluding steroid dienone is 1. The van der Waals surface area contributed by atoms with Crippen LogP contribution in [0, 0.1) is 5.92 Å². The van der Waals surface area contributed by atoms with E-state index < -0.39 is 0 Å². The molecule has 0 unspecified atom stereocenters. The van der Waals surface area contributed by atoms with Crippen LogP contribution in [-0.2, 0) is 0 Å². The zero-order valence-electron chi connectivity index (χ0n) is 11.7. The van der Waals surface area contributed by atoms with Crippen LogP contribution in [0.15, 0.2) is 54.9 Å². The topological polar surface area (TPSA) is 42.0 Å². The molecule has 20 heavy (non-hydrogen) atoms. The summed E-state index contributed by atoms with van der Waals surface area (Å²) in [6.07, 6.45) is 7.49. The fourth-order valence-electron chi connectivity index (χ4n) is 1.69. The molecule has 0 saturated heterocycles. The molecule has 0 bridgehead atoms. The van der Waals surface area contributed by atoms with E-state index in [1.807, 2.05) is 30.3 Å². The van der Waals surface area contributed by atoms with Crippen LogP contribution in [0.4, 0.5) is 5.69 Å². The predicted molar refractivity (Wildman–Crippen MR) is 82.5 cm³/mol. The minimum absolute atomic E-state index is 0.127. The average Bonchev–Trinajstić information content (AvgIpc) is 2.46. The third-order valence-electron chi connectivity index (χ3n) is 2.77. The molecule has 2 rings (SSSR count). The molecule has 1 aromatic carbocycles. The standard InChI is InChI=1S/C17H18N2O/c1-13(2)5-6-14-7-9-15(10-8-14)17(20)19-16-4-3-11-18-12-16/h3-13H,1-2H3,(H,19,20)/b6-5+. The van der Waals surface area contributed by atoms with E-state index in [0.717, 1.165) is 5.56 Å². The van der Waals surface area contributed by atoms with E-state index in [4.69, 9.17) is 0 Å². The van der Waals surface area contributed by atoms with Gasteiger partial charge in [0.2, 0.25) is 0 Å². The van der Waals surface area contributed by atoms with Crippen LogP contribution in [0.25, 0.3) is 6.08 Å². The molecule has 0 radical (unpaired) electrons. The van der Waals surface area contributed by atoms with Gasteiger partial charge in [0, 0.05) is 11.8 Å². The minimum Gasteiger partial charge on any atom is -0.321 e. The quantitative estimate of drug-likeness (QED) is 0.908. The first-order valence-corrected chi connectivity index (χ1v) is 6.65. The Bertz CT molecular complexity index is 586. The van der Waals surface area contributed by atoms with Crippen molar-refractivity contribution in [3.63, 3.8) is 0 Å².